The van der Waals surface area contributed by atoms with Gasteiger partial charge < -0.3 is 4.42 Å². The summed E-state index contributed by atoms with van der Waals surface area (Å²) in [6.07, 6.45) is 4.11. The predicted octanol–water partition coefficient (Wildman–Crippen LogP) is 5.97. The lowest BCUT2D eigenvalue weighted by molar-refractivity contribution is 0.497. The molecule has 5 nitrogen and oxygen atoms in total. The van der Waals surface area contributed by atoms with Crippen molar-refractivity contribution in [3.05, 3.63) is 95.9 Å². The van der Waals surface area contributed by atoms with E-state index in [1.54, 1.807) is 19.2 Å². The van der Waals surface area contributed by atoms with Crippen LogP contribution in [0, 0.1) is 12.7 Å². The van der Waals surface area contributed by atoms with E-state index in [9.17, 15) is 4.39 Å². The van der Waals surface area contributed by atoms with Gasteiger partial charge in [-0.1, -0.05) is 18.2 Å². The Balaban J connectivity index is 1.22. The van der Waals surface area contributed by atoms with Gasteiger partial charge in [0.15, 0.2) is 5.65 Å². The third-order valence-electron chi connectivity index (χ3n) is 5.44. The average Bonchev–Trinajstić information content (AvgIpc) is 3.30. The smallest absolute Gasteiger partial charge is 0.247 e. The summed E-state index contributed by atoms with van der Waals surface area (Å²) < 4.78 is 19.4. The topological polar surface area (TPSA) is 64.7 Å². The van der Waals surface area contributed by atoms with Crippen molar-refractivity contribution in [3.63, 3.8) is 0 Å². The van der Waals surface area contributed by atoms with Crippen molar-refractivity contribution in [1.29, 1.82) is 0 Å². The molecule has 5 rings (SSSR count). The zero-order chi connectivity index (χ0) is 21.9. The fraction of sp³-hybridized carbons (Fsp3) is 0.154. The van der Waals surface area contributed by atoms with Crippen molar-refractivity contribution in [2.24, 2.45) is 0 Å². The first-order valence-corrected chi connectivity index (χ1v) is 10.6. The summed E-state index contributed by atoms with van der Waals surface area (Å²) in [7, 11) is 0. The largest absolute Gasteiger partial charge is 0.421 e. The Kier molecular flexibility index (Phi) is 5.42. The average molecular weight is 424 g/mol. The van der Waals surface area contributed by atoms with Crippen LogP contribution >= 0.6 is 0 Å². The lowest BCUT2D eigenvalue weighted by atomic mass is 10.0. The van der Waals surface area contributed by atoms with E-state index in [0.717, 1.165) is 46.3 Å². The van der Waals surface area contributed by atoms with Gasteiger partial charge in [-0.2, -0.15) is 0 Å². The van der Waals surface area contributed by atoms with Crippen molar-refractivity contribution in [1.82, 2.24) is 20.2 Å². The van der Waals surface area contributed by atoms with E-state index in [1.165, 1.54) is 6.07 Å². The van der Waals surface area contributed by atoms with Crippen LogP contribution in [-0.4, -0.2) is 20.2 Å². The third-order valence-corrected chi connectivity index (χ3v) is 5.44. The molecule has 2 aromatic carbocycles. The molecule has 3 heterocycles. The van der Waals surface area contributed by atoms with Gasteiger partial charge in [-0.05, 0) is 85.0 Å². The van der Waals surface area contributed by atoms with E-state index in [0.29, 0.717) is 23.8 Å². The Morgan fingerprint density at radius 1 is 0.844 bits per heavy atom. The quantitative estimate of drug-likeness (QED) is 0.336. The molecule has 0 aliphatic carbocycles. The van der Waals surface area contributed by atoms with Gasteiger partial charge in [0.2, 0.25) is 11.8 Å². The molecule has 0 N–H and O–H groups in total. The van der Waals surface area contributed by atoms with Crippen LogP contribution < -0.4 is 0 Å². The summed E-state index contributed by atoms with van der Waals surface area (Å²) in [5.41, 5.74) is 5.23. The minimum Gasteiger partial charge on any atom is -0.421 e. The standard InChI is InChI=1S/C26H21FN4O/c1-17-16-21(12-14-23(17)27)18-7-9-20(10-8-18)26-31-30-24(32-26)6-2-5-22-13-11-19-4-3-15-28-25(19)29-22/h3-4,7-16H,2,5-6H2,1H3. The highest BCUT2D eigenvalue weighted by Gasteiger charge is 2.10. The Bertz CT molecular complexity index is 1380. The Hall–Kier alpha value is -3.93. The van der Waals surface area contributed by atoms with Crippen LogP contribution in [0.15, 0.2) is 77.3 Å². The van der Waals surface area contributed by atoms with E-state index in [4.69, 9.17) is 4.42 Å². The highest BCUT2D eigenvalue weighted by Crippen LogP contribution is 2.26. The summed E-state index contributed by atoms with van der Waals surface area (Å²) in [4.78, 5) is 8.91. The summed E-state index contributed by atoms with van der Waals surface area (Å²) in [6.45, 7) is 1.76. The number of aryl methyl sites for hydroxylation is 3. The molecule has 0 saturated carbocycles. The van der Waals surface area contributed by atoms with E-state index in [2.05, 4.69) is 20.2 Å². The van der Waals surface area contributed by atoms with Crippen molar-refractivity contribution < 1.29 is 8.81 Å². The van der Waals surface area contributed by atoms with Crippen LogP contribution in [0.2, 0.25) is 0 Å². The molecule has 3 aromatic heterocycles. The number of hydrogen-bond donors (Lipinski definition) is 0. The summed E-state index contributed by atoms with van der Waals surface area (Å²) in [5, 5.41) is 9.41. The van der Waals surface area contributed by atoms with E-state index >= 15 is 0 Å². The number of pyridine rings is 2. The van der Waals surface area contributed by atoms with Crippen molar-refractivity contribution in [3.8, 4) is 22.6 Å². The van der Waals surface area contributed by atoms with Gasteiger partial charge >= 0.3 is 0 Å². The first kappa shape index (κ1) is 20.0. The second-order valence-corrected chi connectivity index (χ2v) is 7.75. The minimum atomic E-state index is -0.197. The van der Waals surface area contributed by atoms with E-state index < -0.39 is 0 Å². The zero-order valence-electron chi connectivity index (χ0n) is 17.6. The maximum atomic E-state index is 13.5. The molecular formula is C26H21FN4O. The Labute approximate surface area is 185 Å². The van der Waals surface area contributed by atoms with Gasteiger partial charge in [0.25, 0.3) is 0 Å². The molecular weight excluding hydrogens is 403 g/mol. The molecule has 0 bridgehead atoms. The molecule has 32 heavy (non-hydrogen) atoms. The first-order chi connectivity index (χ1) is 15.7. The SMILES string of the molecule is Cc1cc(-c2ccc(-c3nnc(CCCc4ccc5cccnc5n4)o3)cc2)ccc1F. The van der Waals surface area contributed by atoms with E-state index in [-0.39, 0.29) is 5.82 Å². The molecule has 0 saturated heterocycles. The van der Waals surface area contributed by atoms with Crippen LogP contribution in [0.1, 0.15) is 23.6 Å². The molecule has 0 unspecified atom stereocenters. The van der Waals surface area contributed by atoms with Crippen molar-refractivity contribution in [2.45, 2.75) is 26.2 Å². The van der Waals surface area contributed by atoms with Crippen molar-refractivity contribution in [2.75, 3.05) is 0 Å². The molecule has 158 valence electrons. The van der Waals surface area contributed by atoms with Gasteiger partial charge in [-0.15, -0.1) is 10.2 Å². The summed E-state index contributed by atoms with van der Waals surface area (Å²) >= 11 is 0. The maximum Gasteiger partial charge on any atom is 0.247 e. The van der Waals surface area contributed by atoms with Gasteiger partial charge in [0.05, 0.1) is 0 Å². The summed E-state index contributed by atoms with van der Waals surface area (Å²) in [5.74, 6) is 0.906. The number of halogens is 1. The van der Waals surface area contributed by atoms with Crippen LogP contribution in [0.4, 0.5) is 4.39 Å². The molecule has 0 aliphatic rings. The second kappa shape index (κ2) is 8.67. The van der Waals surface area contributed by atoms with Gasteiger partial charge in [0, 0.05) is 29.3 Å². The van der Waals surface area contributed by atoms with Crippen LogP contribution in [0.5, 0.6) is 0 Å². The molecule has 0 fully saturated rings. The zero-order valence-corrected chi connectivity index (χ0v) is 17.6. The molecule has 5 aromatic rings. The van der Waals surface area contributed by atoms with Gasteiger partial charge in [0.1, 0.15) is 5.82 Å². The Morgan fingerprint density at radius 3 is 2.50 bits per heavy atom. The number of hydrogen-bond acceptors (Lipinski definition) is 5. The number of aromatic nitrogens is 4. The molecule has 0 spiro atoms. The number of rotatable bonds is 6. The highest BCUT2D eigenvalue weighted by molar-refractivity contribution is 5.74. The normalized spacial score (nSPS) is 11.2. The number of nitrogens with zero attached hydrogens (tertiary/aromatic N) is 4. The first-order valence-electron chi connectivity index (χ1n) is 10.6. The molecule has 6 heteroatoms. The fourth-order valence-corrected chi connectivity index (χ4v) is 3.65. The Morgan fingerprint density at radius 2 is 1.66 bits per heavy atom. The monoisotopic (exact) mass is 424 g/mol. The lowest BCUT2D eigenvalue weighted by Gasteiger charge is -2.04. The van der Waals surface area contributed by atoms with Gasteiger partial charge in [-0.25, -0.2) is 14.4 Å². The molecule has 0 amide bonds. The third kappa shape index (κ3) is 4.25. The van der Waals surface area contributed by atoms with Crippen molar-refractivity contribution >= 4 is 11.0 Å². The van der Waals surface area contributed by atoms with Crippen LogP contribution in [0.25, 0.3) is 33.6 Å². The summed E-state index contributed by atoms with van der Waals surface area (Å²) in [6, 6.07) is 21.0. The lowest BCUT2D eigenvalue weighted by Crippen LogP contribution is -1.94. The number of benzene rings is 2. The molecule has 0 atom stereocenters. The van der Waals surface area contributed by atoms with Gasteiger partial charge in [-0.3, -0.25) is 0 Å². The molecule has 0 aliphatic heterocycles. The maximum absolute atomic E-state index is 13.5. The molecule has 0 radical (unpaired) electrons. The fourth-order valence-electron chi connectivity index (χ4n) is 3.65. The second-order valence-electron chi connectivity index (χ2n) is 7.75. The van der Waals surface area contributed by atoms with E-state index in [1.807, 2.05) is 54.6 Å². The van der Waals surface area contributed by atoms with Crippen LogP contribution in [-0.2, 0) is 12.8 Å². The highest BCUT2D eigenvalue weighted by atomic mass is 19.1. The van der Waals surface area contributed by atoms with Crippen LogP contribution in [0.3, 0.4) is 0 Å². The number of fused-ring (bicyclic) bond motifs is 1. The minimum absolute atomic E-state index is 0.197. The predicted molar refractivity (Wildman–Crippen MR) is 121 cm³/mol.